The van der Waals surface area contributed by atoms with Gasteiger partial charge in [0.15, 0.2) is 0 Å². The molecule has 1 aliphatic carbocycles. The van der Waals surface area contributed by atoms with E-state index in [9.17, 15) is 19.6 Å². The van der Waals surface area contributed by atoms with Crippen LogP contribution in [-0.4, -0.2) is 42.4 Å². The van der Waals surface area contributed by atoms with Gasteiger partial charge in [-0.05, 0) is 44.2 Å². The van der Waals surface area contributed by atoms with Crippen molar-refractivity contribution in [3.63, 3.8) is 0 Å². The molecule has 2 N–H and O–H groups in total. The molecule has 34 heavy (non-hydrogen) atoms. The first kappa shape index (κ1) is 23.4. The number of furan rings is 1. The second-order valence-corrected chi connectivity index (χ2v) is 8.40. The van der Waals surface area contributed by atoms with Crippen LogP contribution in [0.4, 0.5) is 4.79 Å². The minimum absolute atomic E-state index is 0.0582. The Labute approximate surface area is 199 Å². The van der Waals surface area contributed by atoms with Crippen LogP contribution >= 0.6 is 11.8 Å². The van der Waals surface area contributed by atoms with Gasteiger partial charge >= 0.3 is 18.0 Å². The van der Waals surface area contributed by atoms with Crippen molar-refractivity contribution in [2.45, 2.75) is 36.8 Å². The zero-order valence-corrected chi connectivity index (χ0v) is 19.4. The number of esters is 2. The molecule has 2 aromatic heterocycles. The molecule has 10 nitrogen and oxygen atoms in total. The number of carbonyl (C=O) groups excluding carboxylic acids is 3. The summed E-state index contributed by atoms with van der Waals surface area (Å²) < 4.78 is 16.0. The maximum atomic E-state index is 13.0. The second-order valence-electron chi connectivity index (χ2n) is 7.60. The maximum Gasteiger partial charge on any atom is 0.340 e. The zero-order chi connectivity index (χ0) is 24.2. The lowest BCUT2D eigenvalue weighted by molar-refractivity contribution is -0.139. The van der Waals surface area contributed by atoms with Crippen LogP contribution in [0, 0.1) is 11.3 Å². The minimum Gasteiger partial charge on any atom is -0.467 e. The Hall–Kier alpha value is -3.78. The van der Waals surface area contributed by atoms with E-state index in [1.807, 2.05) is 6.07 Å². The highest BCUT2D eigenvalue weighted by atomic mass is 32.2. The van der Waals surface area contributed by atoms with Gasteiger partial charge in [-0.1, -0.05) is 0 Å². The van der Waals surface area contributed by atoms with E-state index in [-0.39, 0.29) is 34.9 Å². The molecule has 11 heteroatoms. The molecule has 1 fully saturated rings. The van der Waals surface area contributed by atoms with Gasteiger partial charge in [0.25, 0.3) is 0 Å². The molecule has 2 amide bonds. The molecular weight excluding hydrogens is 460 g/mol. The molecule has 1 aliphatic heterocycles. The summed E-state index contributed by atoms with van der Waals surface area (Å²) in [4.78, 5) is 42.6. The summed E-state index contributed by atoms with van der Waals surface area (Å²) >= 11 is 1.28. The molecule has 4 rings (SSSR count). The van der Waals surface area contributed by atoms with Crippen LogP contribution in [0.1, 0.15) is 59.1 Å². The first-order valence-electron chi connectivity index (χ1n) is 10.6. The number of amides is 2. The lowest BCUT2D eigenvalue weighted by Crippen LogP contribution is -2.47. The number of hydrogen-bond acceptors (Lipinski definition) is 9. The number of thioether (sulfide) groups is 1. The molecule has 0 radical (unpaired) electrons. The molecule has 1 atom stereocenters. The van der Waals surface area contributed by atoms with E-state index in [0.29, 0.717) is 10.8 Å². The van der Waals surface area contributed by atoms with Crippen molar-refractivity contribution in [1.82, 2.24) is 15.6 Å². The van der Waals surface area contributed by atoms with Crippen LogP contribution in [0.3, 0.4) is 0 Å². The first-order valence-corrected chi connectivity index (χ1v) is 11.9. The fourth-order valence-electron chi connectivity index (χ4n) is 3.61. The standard InChI is InChI=1S/C23H22N4O6S/c1-3-31-22(29)18-16(26-23(30)27-19(18)17-5-4-8-32-17)11-33-21(28)13-9-15(12-6-7-12)25-20(34-2)14(13)10-24/h4-5,8-9,12,19H,3,6-7,11H2,1-2H3,(H2,26,27,30). The van der Waals surface area contributed by atoms with Crippen molar-refractivity contribution in [2.75, 3.05) is 19.5 Å². The Morgan fingerprint density at radius 2 is 2.12 bits per heavy atom. The predicted octanol–water partition coefficient (Wildman–Crippen LogP) is 3.17. The SMILES string of the molecule is CCOC(=O)C1=C(COC(=O)c2cc(C3CC3)nc(SC)c2C#N)NC(=O)NC1c1ccco1. The van der Waals surface area contributed by atoms with Crippen molar-refractivity contribution in [2.24, 2.45) is 0 Å². The molecule has 2 aliphatic rings. The Kier molecular flexibility index (Phi) is 6.88. The van der Waals surface area contributed by atoms with Crippen LogP contribution in [0.25, 0.3) is 0 Å². The van der Waals surface area contributed by atoms with Gasteiger partial charge in [-0.3, -0.25) is 0 Å². The van der Waals surface area contributed by atoms with Gasteiger partial charge in [0.1, 0.15) is 29.5 Å². The van der Waals surface area contributed by atoms with Gasteiger partial charge in [0, 0.05) is 11.6 Å². The van der Waals surface area contributed by atoms with Crippen molar-refractivity contribution in [3.05, 3.63) is 58.3 Å². The normalized spacial score (nSPS) is 17.4. The highest BCUT2D eigenvalue weighted by Crippen LogP contribution is 2.40. The van der Waals surface area contributed by atoms with Gasteiger partial charge in [0.05, 0.1) is 35.3 Å². The van der Waals surface area contributed by atoms with Crippen LogP contribution in [0.15, 0.2) is 45.2 Å². The number of rotatable bonds is 8. The molecule has 2 aromatic rings. The summed E-state index contributed by atoms with van der Waals surface area (Å²) in [5.41, 5.74) is 1.10. The summed E-state index contributed by atoms with van der Waals surface area (Å²) in [6, 6.07) is 5.34. The third-order valence-electron chi connectivity index (χ3n) is 5.35. The smallest absolute Gasteiger partial charge is 0.340 e. The van der Waals surface area contributed by atoms with Crippen LogP contribution in [0.2, 0.25) is 0 Å². The Bertz CT molecular complexity index is 1200. The molecule has 1 saturated carbocycles. The van der Waals surface area contributed by atoms with E-state index in [1.54, 1.807) is 31.4 Å². The quantitative estimate of drug-likeness (QED) is 0.428. The monoisotopic (exact) mass is 482 g/mol. The number of nitrogens with one attached hydrogen (secondary N) is 2. The molecule has 1 unspecified atom stereocenters. The summed E-state index contributed by atoms with van der Waals surface area (Å²) in [5.74, 6) is -0.860. The number of hydrogen-bond donors (Lipinski definition) is 2. The van der Waals surface area contributed by atoms with Crippen LogP contribution in [-0.2, 0) is 14.3 Å². The molecule has 0 saturated heterocycles. The number of ether oxygens (including phenoxy) is 2. The third kappa shape index (κ3) is 4.77. The predicted molar refractivity (Wildman–Crippen MR) is 120 cm³/mol. The van der Waals surface area contributed by atoms with E-state index < -0.39 is 30.6 Å². The van der Waals surface area contributed by atoms with E-state index in [2.05, 4.69) is 15.6 Å². The highest BCUT2D eigenvalue weighted by Gasteiger charge is 2.36. The van der Waals surface area contributed by atoms with Gasteiger partial charge in [-0.15, -0.1) is 11.8 Å². The fourth-order valence-corrected chi connectivity index (χ4v) is 4.17. The van der Waals surface area contributed by atoms with Crippen molar-refractivity contribution < 1.29 is 28.3 Å². The molecule has 0 aromatic carbocycles. The van der Waals surface area contributed by atoms with E-state index in [1.165, 1.54) is 18.0 Å². The number of nitriles is 1. The van der Waals surface area contributed by atoms with Gasteiger partial charge in [0.2, 0.25) is 0 Å². The molecule has 0 spiro atoms. The molecule has 176 valence electrons. The summed E-state index contributed by atoms with van der Waals surface area (Å²) in [6.07, 6.45) is 5.15. The topological polar surface area (TPSA) is 144 Å². The third-order valence-corrected chi connectivity index (χ3v) is 6.03. The number of carbonyl (C=O) groups is 3. The molecule has 0 bridgehead atoms. The van der Waals surface area contributed by atoms with Gasteiger partial charge in [-0.2, -0.15) is 5.26 Å². The van der Waals surface area contributed by atoms with Crippen LogP contribution in [0.5, 0.6) is 0 Å². The molecule has 3 heterocycles. The lowest BCUT2D eigenvalue weighted by Gasteiger charge is -2.27. The highest BCUT2D eigenvalue weighted by molar-refractivity contribution is 7.98. The van der Waals surface area contributed by atoms with E-state index >= 15 is 0 Å². The average Bonchev–Trinajstić information content (AvgIpc) is 3.54. The Balaban J connectivity index is 1.65. The zero-order valence-electron chi connectivity index (χ0n) is 18.5. The summed E-state index contributed by atoms with van der Waals surface area (Å²) in [5, 5.41) is 15.2. The second kappa shape index (κ2) is 10.0. The lowest BCUT2D eigenvalue weighted by atomic mass is 10.0. The fraction of sp³-hybridized carbons (Fsp3) is 0.348. The summed E-state index contributed by atoms with van der Waals surface area (Å²) in [6.45, 7) is 1.35. The van der Waals surface area contributed by atoms with Gasteiger partial charge in [-0.25, -0.2) is 19.4 Å². The number of pyridine rings is 1. The maximum absolute atomic E-state index is 13.0. The Morgan fingerprint density at radius 1 is 1.32 bits per heavy atom. The van der Waals surface area contributed by atoms with Crippen molar-refractivity contribution in [1.29, 1.82) is 5.26 Å². The van der Waals surface area contributed by atoms with Gasteiger partial charge < -0.3 is 24.5 Å². The first-order chi connectivity index (χ1) is 16.5. The van der Waals surface area contributed by atoms with Crippen molar-refractivity contribution in [3.8, 4) is 6.07 Å². The largest absolute Gasteiger partial charge is 0.467 e. The van der Waals surface area contributed by atoms with Crippen LogP contribution < -0.4 is 10.6 Å². The number of nitrogens with zero attached hydrogens (tertiary/aromatic N) is 2. The molecular formula is C23H22N4O6S. The van der Waals surface area contributed by atoms with E-state index in [0.717, 1.165) is 18.5 Å². The van der Waals surface area contributed by atoms with Crippen molar-refractivity contribution >= 4 is 29.7 Å². The van der Waals surface area contributed by atoms with E-state index in [4.69, 9.17) is 13.9 Å². The number of urea groups is 1. The summed E-state index contributed by atoms with van der Waals surface area (Å²) in [7, 11) is 0. The number of aromatic nitrogens is 1. The average molecular weight is 483 g/mol. The Morgan fingerprint density at radius 3 is 2.74 bits per heavy atom. The minimum atomic E-state index is -0.920.